The van der Waals surface area contributed by atoms with E-state index in [2.05, 4.69) is 16.9 Å². The average molecular weight is 350 g/mol. The molecule has 7 heteroatoms. The van der Waals surface area contributed by atoms with Gasteiger partial charge in [-0.05, 0) is 43.6 Å². The number of sulfone groups is 1. The molecular formula is C17H26N4O2S. The van der Waals surface area contributed by atoms with Gasteiger partial charge in [-0.15, -0.1) is 0 Å². The van der Waals surface area contributed by atoms with Crippen molar-refractivity contribution in [3.8, 4) is 0 Å². The van der Waals surface area contributed by atoms with Gasteiger partial charge in [0.1, 0.15) is 10.9 Å². The molecule has 0 radical (unpaired) electrons. The summed E-state index contributed by atoms with van der Waals surface area (Å²) < 4.78 is 26.9. The number of nitrogens with zero attached hydrogens (tertiary/aromatic N) is 3. The highest BCUT2D eigenvalue weighted by molar-refractivity contribution is 7.90. The second-order valence-corrected chi connectivity index (χ2v) is 9.11. The van der Waals surface area contributed by atoms with Gasteiger partial charge in [-0.1, -0.05) is 20.3 Å². The fraction of sp³-hybridized carbons (Fsp3) is 0.647. The Balaban J connectivity index is 2.26. The van der Waals surface area contributed by atoms with Crippen LogP contribution < -0.4 is 5.73 Å². The van der Waals surface area contributed by atoms with E-state index in [-0.39, 0.29) is 5.92 Å². The molecule has 0 bridgehead atoms. The SMILES string of the molecule is CCCC(C)C(n1cnc2c(N)nc3c(c21)CCCC3)S(C)(=O)=O. The van der Waals surface area contributed by atoms with Crippen LogP contribution in [0, 0.1) is 5.92 Å². The van der Waals surface area contributed by atoms with Crippen LogP contribution in [0.4, 0.5) is 5.82 Å². The van der Waals surface area contributed by atoms with Crippen molar-refractivity contribution in [1.29, 1.82) is 0 Å². The number of nitrogens with two attached hydrogens (primary N) is 1. The van der Waals surface area contributed by atoms with Gasteiger partial charge in [0.05, 0.1) is 11.8 Å². The second-order valence-electron chi connectivity index (χ2n) is 6.96. The van der Waals surface area contributed by atoms with Gasteiger partial charge < -0.3 is 10.3 Å². The molecule has 1 aliphatic rings. The van der Waals surface area contributed by atoms with E-state index >= 15 is 0 Å². The molecule has 2 aromatic rings. The Hall–Kier alpha value is -1.63. The van der Waals surface area contributed by atoms with Crippen LogP contribution in [0.3, 0.4) is 0 Å². The van der Waals surface area contributed by atoms with Crippen LogP contribution in [0.2, 0.25) is 0 Å². The van der Waals surface area contributed by atoms with E-state index in [1.54, 1.807) is 6.33 Å². The monoisotopic (exact) mass is 350 g/mol. The molecule has 1 aliphatic carbocycles. The van der Waals surface area contributed by atoms with Crippen molar-refractivity contribution >= 4 is 26.7 Å². The van der Waals surface area contributed by atoms with Crippen LogP contribution in [-0.2, 0) is 22.7 Å². The zero-order chi connectivity index (χ0) is 17.5. The molecule has 0 aliphatic heterocycles. The van der Waals surface area contributed by atoms with Gasteiger partial charge in [0.25, 0.3) is 0 Å². The highest BCUT2D eigenvalue weighted by Gasteiger charge is 2.32. The van der Waals surface area contributed by atoms with E-state index in [1.807, 2.05) is 11.5 Å². The predicted octanol–water partition coefficient (Wildman–Crippen LogP) is 2.87. The highest BCUT2D eigenvalue weighted by atomic mass is 32.2. The Morgan fingerprint density at radius 3 is 2.71 bits per heavy atom. The minimum absolute atomic E-state index is 0.0102. The molecule has 0 aromatic carbocycles. The van der Waals surface area contributed by atoms with Gasteiger partial charge in [0, 0.05) is 11.9 Å². The second kappa shape index (κ2) is 6.35. The van der Waals surface area contributed by atoms with Gasteiger partial charge >= 0.3 is 0 Å². The lowest BCUT2D eigenvalue weighted by Gasteiger charge is -2.26. The van der Waals surface area contributed by atoms with Crippen molar-refractivity contribution in [2.24, 2.45) is 5.92 Å². The first-order valence-corrected chi connectivity index (χ1v) is 10.6. The topological polar surface area (TPSA) is 90.9 Å². The van der Waals surface area contributed by atoms with Gasteiger partial charge in [0.2, 0.25) is 0 Å². The molecule has 0 amide bonds. The van der Waals surface area contributed by atoms with Gasteiger partial charge in [-0.2, -0.15) is 0 Å². The number of hydrogen-bond acceptors (Lipinski definition) is 5. The quantitative estimate of drug-likeness (QED) is 0.895. The Labute approximate surface area is 143 Å². The van der Waals surface area contributed by atoms with Gasteiger partial charge in [-0.25, -0.2) is 18.4 Å². The lowest BCUT2D eigenvalue weighted by atomic mass is 9.94. The van der Waals surface area contributed by atoms with E-state index in [4.69, 9.17) is 5.73 Å². The molecule has 2 unspecified atom stereocenters. The number of imidazole rings is 1. The normalized spacial score (nSPS) is 17.6. The maximum Gasteiger partial charge on any atom is 0.169 e. The predicted molar refractivity (Wildman–Crippen MR) is 96.5 cm³/mol. The van der Waals surface area contributed by atoms with Crippen LogP contribution in [0.25, 0.3) is 11.0 Å². The minimum atomic E-state index is -3.28. The van der Waals surface area contributed by atoms with Crippen LogP contribution in [0.15, 0.2) is 6.33 Å². The summed E-state index contributed by atoms with van der Waals surface area (Å²) in [5.74, 6) is 0.413. The summed E-state index contributed by atoms with van der Waals surface area (Å²) in [6.07, 6.45) is 8.73. The maximum absolute atomic E-state index is 12.5. The van der Waals surface area contributed by atoms with Crippen molar-refractivity contribution in [2.75, 3.05) is 12.0 Å². The van der Waals surface area contributed by atoms with Crippen molar-refractivity contribution in [3.63, 3.8) is 0 Å². The van der Waals surface area contributed by atoms with Gasteiger partial charge in [0.15, 0.2) is 15.7 Å². The largest absolute Gasteiger partial charge is 0.382 e. The highest BCUT2D eigenvalue weighted by Crippen LogP contribution is 2.36. The van der Waals surface area contributed by atoms with E-state index < -0.39 is 15.2 Å². The van der Waals surface area contributed by atoms with E-state index in [1.165, 1.54) is 6.26 Å². The molecule has 2 aromatic heterocycles. The zero-order valence-electron chi connectivity index (χ0n) is 14.6. The lowest BCUT2D eigenvalue weighted by molar-refractivity contribution is 0.414. The molecule has 0 saturated heterocycles. The summed E-state index contributed by atoms with van der Waals surface area (Å²) in [5.41, 5.74) is 9.73. The number of rotatable bonds is 5. The molecule has 0 saturated carbocycles. The van der Waals surface area contributed by atoms with Crippen molar-refractivity contribution in [3.05, 3.63) is 17.6 Å². The summed E-state index contributed by atoms with van der Waals surface area (Å²) in [6.45, 7) is 4.07. The summed E-state index contributed by atoms with van der Waals surface area (Å²) in [5, 5.41) is -0.615. The maximum atomic E-state index is 12.5. The number of nitrogen functional groups attached to an aromatic ring is 1. The minimum Gasteiger partial charge on any atom is -0.382 e. The summed E-state index contributed by atoms with van der Waals surface area (Å²) in [6, 6.07) is 0. The first kappa shape index (κ1) is 17.2. The van der Waals surface area contributed by atoms with Crippen LogP contribution >= 0.6 is 0 Å². The Bertz CT molecular complexity index is 857. The molecular weight excluding hydrogens is 324 g/mol. The summed E-state index contributed by atoms with van der Waals surface area (Å²) >= 11 is 0. The van der Waals surface area contributed by atoms with Crippen molar-refractivity contribution < 1.29 is 8.42 Å². The molecule has 3 rings (SSSR count). The van der Waals surface area contributed by atoms with E-state index in [0.29, 0.717) is 11.3 Å². The number of anilines is 1. The van der Waals surface area contributed by atoms with E-state index in [0.717, 1.165) is 55.3 Å². The Kier molecular flexibility index (Phi) is 4.55. The molecule has 132 valence electrons. The third kappa shape index (κ3) is 2.90. The van der Waals surface area contributed by atoms with Crippen LogP contribution in [-0.4, -0.2) is 29.2 Å². The van der Waals surface area contributed by atoms with Crippen molar-refractivity contribution in [1.82, 2.24) is 14.5 Å². The molecule has 0 spiro atoms. The summed E-state index contributed by atoms with van der Waals surface area (Å²) in [4.78, 5) is 8.92. The van der Waals surface area contributed by atoms with Crippen LogP contribution in [0.1, 0.15) is 56.2 Å². The zero-order valence-corrected chi connectivity index (χ0v) is 15.4. The molecule has 2 N–H and O–H groups in total. The molecule has 0 fully saturated rings. The number of hydrogen-bond donors (Lipinski definition) is 1. The van der Waals surface area contributed by atoms with Crippen molar-refractivity contribution in [2.45, 2.75) is 57.7 Å². The molecule has 2 atom stereocenters. The summed E-state index contributed by atoms with van der Waals surface area (Å²) in [7, 11) is -3.28. The standard InChI is InChI=1S/C17H26N4O2S/c1-4-7-11(2)17(24(3,22)23)21-10-19-14-15(21)12-8-5-6-9-13(12)20-16(14)18/h10-11,17H,4-9H2,1-3H3,(H2,18,20). The third-order valence-electron chi connectivity index (χ3n) is 4.96. The molecule has 6 nitrogen and oxygen atoms in total. The lowest BCUT2D eigenvalue weighted by Crippen LogP contribution is -2.25. The van der Waals surface area contributed by atoms with Crippen LogP contribution in [0.5, 0.6) is 0 Å². The number of aryl methyl sites for hydroxylation is 2. The smallest absolute Gasteiger partial charge is 0.169 e. The molecule has 2 heterocycles. The number of aromatic nitrogens is 3. The number of pyridine rings is 1. The fourth-order valence-electron chi connectivity index (χ4n) is 4.01. The number of fused-ring (bicyclic) bond motifs is 3. The Morgan fingerprint density at radius 2 is 2.04 bits per heavy atom. The van der Waals surface area contributed by atoms with Gasteiger partial charge in [-0.3, -0.25) is 0 Å². The first-order valence-electron chi connectivity index (χ1n) is 8.67. The van der Waals surface area contributed by atoms with E-state index in [9.17, 15) is 8.42 Å². The first-order chi connectivity index (χ1) is 11.3. The molecule has 24 heavy (non-hydrogen) atoms. The third-order valence-corrected chi connectivity index (χ3v) is 6.53. The fourth-order valence-corrected chi connectivity index (χ4v) is 5.56. The average Bonchev–Trinajstić information content (AvgIpc) is 2.92. The Morgan fingerprint density at radius 1 is 1.33 bits per heavy atom.